The van der Waals surface area contributed by atoms with Gasteiger partial charge in [-0.3, -0.25) is 0 Å². The molecule has 0 spiro atoms. The Kier molecular flexibility index (Phi) is 4.98. The summed E-state index contributed by atoms with van der Waals surface area (Å²) in [5.41, 5.74) is 0.747. The third-order valence-electron chi connectivity index (χ3n) is 3.32. The lowest BCUT2D eigenvalue weighted by Gasteiger charge is -2.18. The predicted molar refractivity (Wildman–Crippen MR) is 74.1 cm³/mol. The van der Waals surface area contributed by atoms with Gasteiger partial charge in [-0.2, -0.15) is 0 Å². The molecule has 0 aliphatic rings. The molecule has 0 aliphatic carbocycles. The molecule has 2 N–H and O–H groups in total. The van der Waals surface area contributed by atoms with E-state index < -0.39 is 17.7 Å². The van der Waals surface area contributed by atoms with Crippen molar-refractivity contribution in [2.75, 3.05) is 6.54 Å². The van der Waals surface area contributed by atoms with E-state index in [1.807, 2.05) is 0 Å². The molecular formula is C16H16F3NO. The largest absolute Gasteiger partial charge is 0.387 e. The van der Waals surface area contributed by atoms with Crippen molar-refractivity contribution >= 4 is 0 Å². The van der Waals surface area contributed by atoms with Gasteiger partial charge >= 0.3 is 0 Å². The Labute approximate surface area is 121 Å². The highest BCUT2D eigenvalue weighted by Gasteiger charge is 2.14. The van der Waals surface area contributed by atoms with Crippen molar-refractivity contribution in [1.29, 1.82) is 0 Å². The quantitative estimate of drug-likeness (QED) is 0.885. The third-order valence-corrected chi connectivity index (χ3v) is 3.32. The van der Waals surface area contributed by atoms with Crippen LogP contribution < -0.4 is 5.32 Å². The Hall–Kier alpha value is -1.85. The van der Waals surface area contributed by atoms with Crippen molar-refractivity contribution in [1.82, 2.24) is 5.32 Å². The first-order chi connectivity index (χ1) is 9.99. The lowest BCUT2D eigenvalue weighted by molar-refractivity contribution is 0.170. The van der Waals surface area contributed by atoms with E-state index in [2.05, 4.69) is 5.32 Å². The summed E-state index contributed by atoms with van der Waals surface area (Å²) in [6.07, 6.45) is -1.01. The Morgan fingerprint density at radius 3 is 2.38 bits per heavy atom. The van der Waals surface area contributed by atoms with Crippen molar-refractivity contribution < 1.29 is 18.3 Å². The van der Waals surface area contributed by atoms with Crippen molar-refractivity contribution in [2.24, 2.45) is 0 Å². The SMILES string of the molecule is C[C@@H](NCC(O)c1ccc(F)c(F)c1)c1ccccc1F. The van der Waals surface area contributed by atoms with E-state index in [-0.39, 0.29) is 24.0 Å². The molecule has 0 bridgehead atoms. The average molecular weight is 295 g/mol. The first kappa shape index (κ1) is 15.5. The second-order valence-electron chi connectivity index (χ2n) is 4.84. The molecule has 0 aliphatic heterocycles. The Morgan fingerprint density at radius 1 is 1.00 bits per heavy atom. The van der Waals surface area contributed by atoms with E-state index >= 15 is 0 Å². The molecule has 0 amide bonds. The van der Waals surface area contributed by atoms with Crippen LogP contribution in [-0.4, -0.2) is 11.7 Å². The minimum atomic E-state index is -1.01. The summed E-state index contributed by atoms with van der Waals surface area (Å²) in [5.74, 6) is -2.30. The normalized spacial score (nSPS) is 14.0. The molecule has 0 fully saturated rings. The fourth-order valence-electron chi connectivity index (χ4n) is 2.06. The van der Waals surface area contributed by atoms with Gasteiger partial charge in [-0.1, -0.05) is 24.3 Å². The Balaban J connectivity index is 1.99. The van der Waals surface area contributed by atoms with E-state index in [0.29, 0.717) is 5.56 Å². The number of aliphatic hydroxyl groups excluding tert-OH is 1. The van der Waals surface area contributed by atoms with Gasteiger partial charge in [-0.05, 0) is 30.7 Å². The van der Waals surface area contributed by atoms with Crippen LogP contribution in [0.15, 0.2) is 42.5 Å². The number of halogens is 3. The van der Waals surface area contributed by atoms with Gasteiger partial charge in [0.15, 0.2) is 11.6 Å². The van der Waals surface area contributed by atoms with E-state index in [1.165, 1.54) is 12.1 Å². The standard InChI is InChI=1S/C16H16F3NO/c1-10(12-4-2-3-5-13(12)17)20-9-16(21)11-6-7-14(18)15(19)8-11/h2-8,10,16,20-21H,9H2,1H3/t10-,16?/m1/s1. The predicted octanol–water partition coefficient (Wildman–Crippen LogP) is 3.49. The van der Waals surface area contributed by atoms with Gasteiger partial charge in [0.1, 0.15) is 5.82 Å². The van der Waals surface area contributed by atoms with Crippen LogP contribution in [0.3, 0.4) is 0 Å². The number of hydrogen-bond donors (Lipinski definition) is 2. The van der Waals surface area contributed by atoms with Gasteiger partial charge in [0, 0.05) is 18.2 Å². The molecule has 21 heavy (non-hydrogen) atoms. The fourth-order valence-corrected chi connectivity index (χ4v) is 2.06. The summed E-state index contributed by atoms with van der Waals surface area (Å²) in [5, 5.41) is 12.9. The molecule has 0 radical (unpaired) electrons. The number of aliphatic hydroxyl groups is 1. The first-order valence-electron chi connectivity index (χ1n) is 6.60. The van der Waals surface area contributed by atoms with Gasteiger partial charge in [-0.15, -0.1) is 0 Å². The maximum Gasteiger partial charge on any atom is 0.159 e. The summed E-state index contributed by atoms with van der Waals surface area (Å²) in [6, 6.07) is 9.26. The van der Waals surface area contributed by atoms with Crippen molar-refractivity contribution in [3.8, 4) is 0 Å². The Morgan fingerprint density at radius 2 is 1.71 bits per heavy atom. The summed E-state index contributed by atoms with van der Waals surface area (Å²) >= 11 is 0. The van der Waals surface area contributed by atoms with Crippen LogP contribution in [0, 0.1) is 17.5 Å². The highest BCUT2D eigenvalue weighted by molar-refractivity contribution is 5.22. The van der Waals surface area contributed by atoms with E-state index in [0.717, 1.165) is 12.1 Å². The van der Waals surface area contributed by atoms with Crippen LogP contribution in [-0.2, 0) is 0 Å². The second-order valence-corrected chi connectivity index (χ2v) is 4.84. The summed E-state index contributed by atoms with van der Waals surface area (Å²) in [6.45, 7) is 1.86. The zero-order valence-corrected chi connectivity index (χ0v) is 11.5. The van der Waals surface area contributed by atoms with Crippen LogP contribution in [0.25, 0.3) is 0 Å². The molecule has 5 heteroatoms. The van der Waals surface area contributed by atoms with Gasteiger partial charge in [0.2, 0.25) is 0 Å². The lowest BCUT2D eigenvalue weighted by Crippen LogP contribution is -2.25. The molecule has 2 rings (SSSR count). The van der Waals surface area contributed by atoms with Gasteiger partial charge in [0.05, 0.1) is 6.10 Å². The van der Waals surface area contributed by atoms with E-state index in [4.69, 9.17) is 0 Å². The molecule has 2 aromatic rings. The summed E-state index contributed by atoms with van der Waals surface area (Å²) in [7, 11) is 0. The molecule has 2 aromatic carbocycles. The van der Waals surface area contributed by atoms with Crippen LogP contribution in [0.5, 0.6) is 0 Å². The van der Waals surface area contributed by atoms with E-state index in [9.17, 15) is 18.3 Å². The highest BCUT2D eigenvalue weighted by atomic mass is 19.2. The molecule has 2 atom stereocenters. The molecule has 2 nitrogen and oxygen atoms in total. The Bertz CT molecular complexity index is 618. The molecule has 0 aromatic heterocycles. The van der Waals surface area contributed by atoms with Crippen LogP contribution in [0.2, 0.25) is 0 Å². The van der Waals surface area contributed by atoms with Gasteiger partial charge < -0.3 is 10.4 Å². The van der Waals surface area contributed by atoms with E-state index in [1.54, 1.807) is 25.1 Å². The van der Waals surface area contributed by atoms with Crippen LogP contribution >= 0.6 is 0 Å². The fraction of sp³-hybridized carbons (Fsp3) is 0.250. The summed E-state index contributed by atoms with van der Waals surface area (Å²) < 4.78 is 39.5. The molecule has 112 valence electrons. The number of rotatable bonds is 5. The summed E-state index contributed by atoms with van der Waals surface area (Å²) in [4.78, 5) is 0. The first-order valence-corrected chi connectivity index (χ1v) is 6.60. The zero-order chi connectivity index (χ0) is 15.4. The number of hydrogen-bond acceptors (Lipinski definition) is 2. The minimum absolute atomic E-state index is 0.0978. The minimum Gasteiger partial charge on any atom is -0.387 e. The topological polar surface area (TPSA) is 32.3 Å². The lowest BCUT2D eigenvalue weighted by atomic mass is 10.1. The molecular weight excluding hydrogens is 279 g/mol. The zero-order valence-electron chi connectivity index (χ0n) is 11.5. The maximum absolute atomic E-state index is 13.6. The monoisotopic (exact) mass is 295 g/mol. The molecule has 0 saturated heterocycles. The third kappa shape index (κ3) is 3.83. The number of benzene rings is 2. The smallest absolute Gasteiger partial charge is 0.159 e. The highest BCUT2D eigenvalue weighted by Crippen LogP contribution is 2.19. The van der Waals surface area contributed by atoms with Gasteiger partial charge in [-0.25, -0.2) is 13.2 Å². The molecule has 1 unspecified atom stereocenters. The molecule has 0 heterocycles. The van der Waals surface area contributed by atoms with Crippen LogP contribution in [0.4, 0.5) is 13.2 Å². The maximum atomic E-state index is 13.6. The van der Waals surface area contributed by atoms with Crippen LogP contribution in [0.1, 0.15) is 30.2 Å². The molecule has 0 saturated carbocycles. The number of nitrogens with one attached hydrogen (secondary N) is 1. The van der Waals surface area contributed by atoms with Crippen molar-refractivity contribution in [2.45, 2.75) is 19.1 Å². The average Bonchev–Trinajstić information content (AvgIpc) is 2.47. The van der Waals surface area contributed by atoms with Crippen molar-refractivity contribution in [3.05, 3.63) is 71.0 Å². The van der Waals surface area contributed by atoms with Crippen molar-refractivity contribution in [3.63, 3.8) is 0 Å². The second kappa shape index (κ2) is 6.74. The van der Waals surface area contributed by atoms with Gasteiger partial charge in [0.25, 0.3) is 0 Å².